The van der Waals surface area contributed by atoms with Crippen molar-refractivity contribution in [3.05, 3.63) is 28.2 Å². The van der Waals surface area contributed by atoms with Crippen LogP contribution in [0.15, 0.2) is 18.2 Å². The van der Waals surface area contributed by atoms with Gasteiger partial charge in [0.25, 0.3) is 0 Å². The normalized spacial score (nSPS) is 17.6. The lowest BCUT2D eigenvalue weighted by Gasteiger charge is -2.37. The van der Waals surface area contributed by atoms with E-state index in [0.717, 1.165) is 32.6 Å². The number of anilines is 1. The first-order valence-electron chi connectivity index (χ1n) is 7.27. The van der Waals surface area contributed by atoms with Crippen LogP contribution in [0.2, 0.25) is 10.0 Å². The molecule has 6 heteroatoms. The van der Waals surface area contributed by atoms with E-state index in [1.807, 2.05) is 0 Å². The summed E-state index contributed by atoms with van der Waals surface area (Å²) in [5.74, 6) is 0. The van der Waals surface area contributed by atoms with Crippen LogP contribution in [0.25, 0.3) is 0 Å². The monoisotopic (exact) mass is 329 g/mol. The molecule has 1 aromatic carbocycles. The van der Waals surface area contributed by atoms with Gasteiger partial charge in [-0.25, -0.2) is 4.79 Å². The van der Waals surface area contributed by atoms with Crippen molar-refractivity contribution in [1.29, 1.82) is 0 Å². The van der Waals surface area contributed by atoms with Gasteiger partial charge >= 0.3 is 6.03 Å². The van der Waals surface area contributed by atoms with E-state index in [4.69, 9.17) is 23.2 Å². The first-order valence-corrected chi connectivity index (χ1v) is 8.02. The molecular weight excluding hydrogens is 309 g/mol. The van der Waals surface area contributed by atoms with Crippen molar-refractivity contribution >= 4 is 34.9 Å². The summed E-state index contributed by atoms with van der Waals surface area (Å²) < 4.78 is 0. The Hall–Kier alpha value is -0.970. The predicted molar refractivity (Wildman–Crippen MR) is 88.4 cm³/mol. The Morgan fingerprint density at radius 3 is 2.33 bits per heavy atom. The standard InChI is InChI=1S/C15H21Cl2N3O/c1-3-11(2)19-7-9-20(10-8-19)15(21)18-14-12(16)5-4-6-13(14)17/h4-6,11H,3,7-10H2,1-2H3,(H,18,21). The summed E-state index contributed by atoms with van der Waals surface area (Å²) in [6.45, 7) is 7.65. The molecule has 1 atom stereocenters. The highest BCUT2D eigenvalue weighted by Crippen LogP contribution is 2.30. The first kappa shape index (κ1) is 16.4. The van der Waals surface area contributed by atoms with Crippen molar-refractivity contribution in [3.8, 4) is 0 Å². The Morgan fingerprint density at radius 1 is 1.24 bits per heavy atom. The smallest absolute Gasteiger partial charge is 0.322 e. The zero-order chi connectivity index (χ0) is 15.4. The second-order valence-corrected chi connectivity index (χ2v) is 6.12. The van der Waals surface area contributed by atoms with Crippen molar-refractivity contribution in [3.63, 3.8) is 0 Å². The number of amides is 2. The molecule has 116 valence electrons. The topological polar surface area (TPSA) is 35.6 Å². The Balaban J connectivity index is 1.94. The average Bonchev–Trinajstić information content (AvgIpc) is 2.50. The van der Waals surface area contributed by atoms with Crippen LogP contribution < -0.4 is 5.32 Å². The molecule has 1 aliphatic rings. The van der Waals surface area contributed by atoms with Crippen LogP contribution in [0.1, 0.15) is 20.3 Å². The zero-order valence-electron chi connectivity index (χ0n) is 12.4. The van der Waals surface area contributed by atoms with Crippen LogP contribution in [0.3, 0.4) is 0 Å². The summed E-state index contributed by atoms with van der Waals surface area (Å²) in [7, 11) is 0. The van der Waals surface area contributed by atoms with E-state index in [-0.39, 0.29) is 6.03 Å². The highest BCUT2D eigenvalue weighted by Gasteiger charge is 2.24. The number of halogens is 2. The van der Waals surface area contributed by atoms with Gasteiger partial charge in [-0.3, -0.25) is 4.90 Å². The van der Waals surface area contributed by atoms with Crippen molar-refractivity contribution in [1.82, 2.24) is 9.80 Å². The Kier molecular flexibility index (Phi) is 5.73. The molecule has 2 rings (SSSR count). The van der Waals surface area contributed by atoms with Gasteiger partial charge in [-0.15, -0.1) is 0 Å². The molecular formula is C15H21Cl2N3O. The molecule has 1 aromatic rings. The van der Waals surface area contributed by atoms with E-state index in [1.54, 1.807) is 23.1 Å². The minimum atomic E-state index is -0.145. The summed E-state index contributed by atoms with van der Waals surface area (Å²) in [5.41, 5.74) is 0.482. The molecule has 21 heavy (non-hydrogen) atoms. The maximum absolute atomic E-state index is 12.3. The highest BCUT2D eigenvalue weighted by molar-refractivity contribution is 6.39. The van der Waals surface area contributed by atoms with E-state index in [0.29, 0.717) is 21.8 Å². The molecule has 0 spiro atoms. The molecule has 1 saturated heterocycles. The molecule has 1 unspecified atom stereocenters. The van der Waals surface area contributed by atoms with Crippen molar-refractivity contribution < 1.29 is 4.79 Å². The molecule has 2 amide bonds. The maximum atomic E-state index is 12.3. The Bertz CT molecular complexity index is 481. The average molecular weight is 330 g/mol. The molecule has 0 aromatic heterocycles. The van der Waals surface area contributed by atoms with Gasteiger partial charge in [0.1, 0.15) is 0 Å². The first-order chi connectivity index (χ1) is 10.0. The SMILES string of the molecule is CCC(C)N1CCN(C(=O)Nc2c(Cl)cccc2Cl)CC1. The largest absolute Gasteiger partial charge is 0.322 e. The van der Waals surface area contributed by atoms with Gasteiger partial charge in [0, 0.05) is 32.2 Å². The summed E-state index contributed by atoms with van der Waals surface area (Å²) >= 11 is 12.1. The van der Waals surface area contributed by atoms with E-state index >= 15 is 0 Å². The number of nitrogens with one attached hydrogen (secondary N) is 1. The molecule has 1 aliphatic heterocycles. The second-order valence-electron chi connectivity index (χ2n) is 5.31. The van der Waals surface area contributed by atoms with Crippen molar-refractivity contribution in [2.75, 3.05) is 31.5 Å². The van der Waals surface area contributed by atoms with E-state index < -0.39 is 0 Å². The molecule has 1 fully saturated rings. The van der Waals surface area contributed by atoms with Crippen LogP contribution in [-0.2, 0) is 0 Å². The molecule has 0 aliphatic carbocycles. The number of rotatable bonds is 3. The Labute approximate surface area is 136 Å². The number of benzene rings is 1. The van der Waals surface area contributed by atoms with E-state index in [2.05, 4.69) is 24.1 Å². The lowest BCUT2D eigenvalue weighted by molar-refractivity contribution is 0.117. The number of hydrogen-bond donors (Lipinski definition) is 1. The fourth-order valence-corrected chi connectivity index (χ4v) is 2.92. The molecule has 4 nitrogen and oxygen atoms in total. The third-order valence-corrected chi connectivity index (χ3v) is 4.64. The summed E-state index contributed by atoms with van der Waals surface area (Å²) in [4.78, 5) is 16.5. The number of urea groups is 1. The van der Waals surface area contributed by atoms with Crippen molar-refractivity contribution in [2.45, 2.75) is 26.3 Å². The lowest BCUT2D eigenvalue weighted by Crippen LogP contribution is -2.52. The van der Waals surface area contributed by atoms with Crippen LogP contribution in [0, 0.1) is 0 Å². The van der Waals surface area contributed by atoms with Crippen LogP contribution in [0.5, 0.6) is 0 Å². The molecule has 0 bridgehead atoms. The van der Waals surface area contributed by atoms with Crippen LogP contribution >= 0.6 is 23.2 Å². The molecule has 1 heterocycles. The van der Waals surface area contributed by atoms with Crippen LogP contribution in [0.4, 0.5) is 10.5 Å². The highest BCUT2D eigenvalue weighted by atomic mass is 35.5. The summed E-state index contributed by atoms with van der Waals surface area (Å²) in [5, 5.41) is 3.72. The number of nitrogens with zero attached hydrogens (tertiary/aromatic N) is 2. The second kappa shape index (κ2) is 7.34. The van der Waals surface area contributed by atoms with Gasteiger partial charge in [-0.2, -0.15) is 0 Å². The molecule has 0 saturated carbocycles. The lowest BCUT2D eigenvalue weighted by atomic mass is 10.2. The van der Waals surface area contributed by atoms with Gasteiger partial charge in [-0.05, 0) is 25.5 Å². The minimum absolute atomic E-state index is 0.145. The number of carbonyl (C=O) groups is 1. The molecule has 0 radical (unpaired) electrons. The third kappa shape index (κ3) is 4.02. The quantitative estimate of drug-likeness (QED) is 0.911. The summed E-state index contributed by atoms with van der Waals surface area (Å²) in [6, 6.07) is 5.60. The number of carbonyl (C=O) groups excluding carboxylic acids is 1. The molecule has 1 N–H and O–H groups in total. The number of hydrogen-bond acceptors (Lipinski definition) is 2. The van der Waals surface area contributed by atoms with Gasteiger partial charge in [0.05, 0.1) is 15.7 Å². The summed E-state index contributed by atoms with van der Waals surface area (Å²) in [6.07, 6.45) is 1.13. The van der Waals surface area contributed by atoms with Gasteiger partial charge in [0.15, 0.2) is 0 Å². The zero-order valence-corrected chi connectivity index (χ0v) is 13.9. The third-order valence-electron chi connectivity index (χ3n) is 4.01. The van der Waals surface area contributed by atoms with Crippen LogP contribution in [-0.4, -0.2) is 48.1 Å². The van der Waals surface area contributed by atoms with E-state index in [9.17, 15) is 4.79 Å². The number of para-hydroxylation sites is 1. The van der Waals surface area contributed by atoms with E-state index in [1.165, 1.54) is 0 Å². The fourth-order valence-electron chi connectivity index (χ4n) is 2.43. The van der Waals surface area contributed by atoms with Crippen molar-refractivity contribution in [2.24, 2.45) is 0 Å². The van der Waals surface area contributed by atoms with Gasteiger partial charge < -0.3 is 10.2 Å². The predicted octanol–water partition coefficient (Wildman–Crippen LogP) is 3.94. The maximum Gasteiger partial charge on any atom is 0.322 e. The fraction of sp³-hybridized carbons (Fsp3) is 0.533. The van der Waals surface area contributed by atoms with Gasteiger partial charge in [-0.1, -0.05) is 36.2 Å². The minimum Gasteiger partial charge on any atom is -0.322 e. The van der Waals surface area contributed by atoms with Gasteiger partial charge in [0.2, 0.25) is 0 Å². The number of piperazine rings is 1. The Morgan fingerprint density at radius 2 is 1.81 bits per heavy atom.